The molecule has 1 fully saturated rings. The van der Waals surface area contributed by atoms with Crippen molar-refractivity contribution in [3.05, 3.63) is 0 Å². The van der Waals surface area contributed by atoms with Gasteiger partial charge in [0.1, 0.15) is 0 Å². The number of nitrogens with one attached hydrogen (secondary N) is 1. The topological polar surface area (TPSA) is 44.7 Å². The predicted molar refractivity (Wildman–Crippen MR) is 70.3 cm³/mol. The molecule has 102 valence electrons. The lowest BCUT2D eigenvalue weighted by Gasteiger charge is -2.26. The van der Waals surface area contributed by atoms with Gasteiger partial charge in [-0.3, -0.25) is 0 Å². The standard InChI is InChI=1S/C13H28N2O2/c1-12(2)17-11-13(16)10-14-6-9-15-7-4-3-5-8-15/h12-14,16H,3-11H2,1-2H3. The highest BCUT2D eigenvalue weighted by molar-refractivity contribution is 4.66. The predicted octanol–water partition coefficient (Wildman–Crippen LogP) is 0.848. The molecule has 1 heterocycles. The van der Waals surface area contributed by atoms with Crippen molar-refractivity contribution in [2.24, 2.45) is 0 Å². The summed E-state index contributed by atoms with van der Waals surface area (Å²) in [6, 6.07) is 0. The molecular weight excluding hydrogens is 216 g/mol. The van der Waals surface area contributed by atoms with Gasteiger partial charge in [0.15, 0.2) is 0 Å². The van der Waals surface area contributed by atoms with E-state index in [1.165, 1.54) is 32.4 Å². The van der Waals surface area contributed by atoms with Gasteiger partial charge in [-0.1, -0.05) is 6.42 Å². The fourth-order valence-electron chi connectivity index (χ4n) is 2.05. The first-order chi connectivity index (χ1) is 8.18. The van der Waals surface area contributed by atoms with Gasteiger partial charge in [0, 0.05) is 19.6 Å². The Morgan fingerprint density at radius 1 is 1.24 bits per heavy atom. The average molecular weight is 244 g/mol. The molecule has 0 bridgehead atoms. The highest BCUT2D eigenvalue weighted by atomic mass is 16.5. The van der Waals surface area contributed by atoms with E-state index >= 15 is 0 Å². The van der Waals surface area contributed by atoms with Crippen LogP contribution in [0.15, 0.2) is 0 Å². The molecular formula is C13H28N2O2. The van der Waals surface area contributed by atoms with Gasteiger partial charge in [0.05, 0.1) is 18.8 Å². The quantitative estimate of drug-likeness (QED) is 0.621. The Bertz CT molecular complexity index is 182. The zero-order valence-corrected chi connectivity index (χ0v) is 11.3. The highest BCUT2D eigenvalue weighted by Crippen LogP contribution is 2.07. The molecule has 0 radical (unpaired) electrons. The Morgan fingerprint density at radius 2 is 1.94 bits per heavy atom. The minimum Gasteiger partial charge on any atom is -0.389 e. The first kappa shape index (κ1) is 14.9. The number of nitrogens with zero attached hydrogens (tertiary/aromatic N) is 1. The minimum atomic E-state index is -0.390. The molecule has 0 spiro atoms. The van der Waals surface area contributed by atoms with Gasteiger partial charge in [-0.15, -0.1) is 0 Å². The number of rotatable bonds is 8. The Kier molecular flexibility index (Phi) is 7.77. The molecule has 0 amide bonds. The fraction of sp³-hybridized carbons (Fsp3) is 1.00. The maximum Gasteiger partial charge on any atom is 0.0897 e. The molecule has 0 aromatic carbocycles. The summed E-state index contributed by atoms with van der Waals surface area (Å²) in [7, 11) is 0. The van der Waals surface area contributed by atoms with E-state index in [-0.39, 0.29) is 6.10 Å². The number of aliphatic hydroxyl groups is 1. The fourth-order valence-corrected chi connectivity index (χ4v) is 2.05. The van der Waals surface area contributed by atoms with E-state index in [0.717, 1.165) is 13.1 Å². The maximum absolute atomic E-state index is 9.63. The summed E-state index contributed by atoms with van der Waals surface area (Å²) >= 11 is 0. The smallest absolute Gasteiger partial charge is 0.0897 e. The molecule has 1 aliphatic heterocycles. The third kappa shape index (κ3) is 7.71. The average Bonchev–Trinajstić information content (AvgIpc) is 2.33. The van der Waals surface area contributed by atoms with Crippen LogP contribution in [-0.2, 0) is 4.74 Å². The maximum atomic E-state index is 9.63. The largest absolute Gasteiger partial charge is 0.389 e. The van der Waals surface area contributed by atoms with Crippen LogP contribution in [0.2, 0.25) is 0 Å². The highest BCUT2D eigenvalue weighted by Gasteiger charge is 2.09. The van der Waals surface area contributed by atoms with Crippen LogP contribution < -0.4 is 5.32 Å². The van der Waals surface area contributed by atoms with E-state index in [1.54, 1.807) is 0 Å². The van der Waals surface area contributed by atoms with E-state index in [4.69, 9.17) is 4.74 Å². The van der Waals surface area contributed by atoms with E-state index in [2.05, 4.69) is 10.2 Å². The molecule has 0 aromatic heterocycles. The second-order valence-electron chi connectivity index (χ2n) is 5.14. The van der Waals surface area contributed by atoms with Crippen LogP contribution in [0.3, 0.4) is 0 Å². The van der Waals surface area contributed by atoms with E-state index < -0.39 is 6.10 Å². The lowest BCUT2D eigenvalue weighted by molar-refractivity contribution is 0.00627. The second kappa shape index (κ2) is 8.86. The number of likely N-dealkylation sites (tertiary alicyclic amines) is 1. The number of piperidine rings is 1. The first-order valence-electron chi connectivity index (χ1n) is 6.91. The summed E-state index contributed by atoms with van der Waals surface area (Å²) in [6.45, 7) is 9.54. The van der Waals surface area contributed by atoms with Gasteiger partial charge in [0.2, 0.25) is 0 Å². The van der Waals surface area contributed by atoms with Crippen molar-refractivity contribution >= 4 is 0 Å². The van der Waals surface area contributed by atoms with Gasteiger partial charge in [0.25, 0.3) is 0 Å². The Morgan fingerprint density at radius 3 is 2.59 bits per heavy atom. The van der Waals surface area contributed by atoms with Crippen molar-refractivity contribution in [3.8, 4) is 0 Å². The third-order valence-electron chi connectivity index (χ3n) is 3.06. The molecule has 1 rings (SSSR count). The molecule has 0 aliphatic carbocycles. The Hall–Kier alpha value is -0.160. The summed E-state index contributed by atoms with van der Waals surface area (Å²) in [5.41, 5.74) is 0. The van der Waals surface area contributed by atoms with Gasteiger partial charge in [-0.2, -0.15) is 0 Å². The van der Waals surface area contributed by atoms with Crippen molar-refractivity contribution in [2.75, 3.05) is 39.3 Å². The van der Waals surface area contributed by atoms with Crippen LogP contribution in [0.4, 0.5) is 0 Å². The van der Waals surface area contributed by atoms with E-state index in [9.17, 15) is 5.11 Å². The summed E-state index contributed by atoms with van der Waals surface area (Å²) in [5, 5.41) is 12.9. The lowest BCUT2D eigenvalue weighted by atomic mass is 10.1. The number of hydrogen-bond donors (Lipinski definition) is 2. The van der Waals surface area contributed by atoms with Crippen LogP contribution >= 0.6 is 0 Å². The molecule has 1 saturated heterocycles. The lowest BCUT2D eigenvalue weighted by Crippen LogP contribution is -2.38. The zero-order chi connectivity index (χ0) is 12.5. The summed E-state index contributed by atoms with van der Waals surface area (Å²) < 4.78 is 5.35. The number of hydrogen-bond acceptors (Lipinski definition) is 4. The molecule has 2 N–H and O–H groups in total. The minimum absolute atomic E-state index is 0.193. The van der Waals surface area contributed by atoms with Crippen molar-refractivity contribution in [3.63, 3.8) is 0 Å². The van der Waals surface area contributed by atoms with Crippen LogP contribution in [0.5, 0.6) is 0 Å². The molecule has 1 unspecified atom stereocenters. The summed E-state index contributed by atoms with van der Waals surface area (Å²) in [6.07, 6.45) is 3.86. The van der Waals surface area contributed by atoms with Gasteiger partial charge in [-0.05, 0) is 39.8 Å². The normalized spacial score (nSPS) is 19.8. The van der Waals surface area contributed by atoms with E-state index in [0.29, 0.717) is 13.2 Å². The van der Waals surface area contributed by atoms with Crippen molar-refractivity contribution < 1.29 is 9.84 Å². The third-order valence-corrected chi connectivity index (χ3v) is 3.06. The molecule has 4 nitrogen and oxygen atoms in total. The molecule has 1 atom stereocenters. The Labute approximate surface area is 105 Å². The van der Waals surface area contributed by atoms with Gasteiger partial charge >= 0.3 is 0 Å². The zero-order valence-electron chi connectivity index (χ0n) is 11.3. The number of aliphatic hydroxyl groups excluding tert-OH is 1. The summed E-state index contributed by atoms with van der Waals surface area (Å²) in [4.78, 5) is 2.49. The van der Waals surface area contributed by atoms with Gasteiger partial charge < -0.3 is 20.1 Å². The van der Waals surface area contributed by atoms with Crippen molar-refractivity contribution in [1.29, 1.82) is 0 Å². The molecule has 1 aliphatic rings. The molecule has 0 aromatic rings. The monoisotopic (exact) mass is 244 g/mol. The molecule has 0 saturated carbocycles. The van der Waals surface area contributed by atoms with Crippen molar-refractivity contribution in [2.45, 2.75) is 45.3 Å². The number of ether oxygens (including phenoxy) is 1. The van der Waals surface area contributed by atoms with E-state index in [1.807, 2.05) is 13.8 Å². The van der Waals surface area contributed by atoms with Crippen molar-refractivity contribution in [1.82, 2.24) is 10.2 Å². The van der Waals surface area contributed by atoms with Gasteiger partial charge in [-0.25, -0.2) is 0 Å². The Balaban J connectivity index is 1.92. The molecule has 17 heavy (non-hydrogen) atoms. The second-order valence-corrected chi connectivity index (χ2v) is 5.14. The van der Waals surface area contributed by atoms with Crippen LogP contribution in [0.25, 0.3) is 0 Å². The first-order valence-corrected chi connectivity index (χ1v) is 6.91. The summed E-state index contributed by atoms with van der Waals surface area (Å²) in [5.74, 6) is 0. The van der Waals surface area contributed by atoms with Crippen LogP contribution in [-0.4, -0.2) is 61.5 Å². The van der Waals surface area contributed by atoms with Crippen LogP contribution in [0.1, 0.15) is 33.1 Å². The SMILES string of the molecule is CC(C)OCC(O)CNCCN1CCCCC1. The van der Waals surface area contributed by atoms with Crippen LogP contribution in [0, 0.1) is 0 Å². The molecule has 4 heteroatoms.